The summed E-state index contributed by atoms with van der Waals surface area (Å²) in [5.41, 5.74) is 0.501. The second kappa shape index (κ2) is 9.21. The molecule has 1 aromatic heterocycles. The summed E-state index contributed by atoms with van der Waals surface area (Å²) in [6.07, 6.45) is 7.69. The van der Waals surface area contributed by atoms with E-state index in [0.29, 0.717) is 29.3 Å². The molecular formula is C23H31N3O5S. The van der Waals surface area contributed by atoms with Crippen molar-refractivity contribution in [3.05, 3.63) is 16.0 Å². The molecule has 9 heteroatoms. The molecule has 1 saturated heterocycles. The van der Waals surface area contributed by atoms with Crippen LogP contribution in [0.5, 0.6) is 0 Å². The van der Waals surface area contributed by atoms with Gasteiger partial charge in [-0.15, -0.1) is 11.3 Å². The zero-order valence-corrected chi connectivity index (χ0v) is 19.6. The highest BCUT2D eigenvalue weighted by molar-refractivity contribution is 7.17. The van der Waals surface area contributed by atoms with Crippen molar-refractivity contribution < 1.29 is 23.9 Å². The van der Waals surface area contributed by atoms with Gasteiger partial charge < -0.3 is 15.4 Å². The highest BCUT2D eigenvalue weighted by Gasteiger charge is 2.51. The van der Waals surface area contributed by atoms with Gasteiger partial charge in [-0.3, -0.25) is 14.5 Å². The first-order valence-electron chi connectivity index (χ1n) is 11.6. The molecule has 0 bridgehead atoms. The highest BCUT2D eigenvalue weighted by Crippen LogP contribution is 2.40. The van der Waals surface area contributed by atoms with Gasteiger partial charge in [-0.25, -0.2) is 9.59 Å². The highest BCUT2D eigenvalue weighted by atomic mass is 32.1. The van der Waals surface area contributed by atoms with Crippen LogP contribution in [0, 0.1) is 5.92 Å². The van der Waals surface area contributed by atoms with Gasteiger partial charge in [0.05, 0.1) is 12.2 Å². The Labute approximate surface area is 192 Å². The zero-order valence-electron chi connectivity index (χ0n) is 18.8. The van der Waals surface area contributed by atoms with Crippen LogP contribution in [0.4, 0.5) is 9.80 Å². The number of rotatable bonds is 5. The van der Waals surface area contributed by atoms with Gasteiger partial charge in [-0.05, 0) is 50.5 Å². The Morgan fingerprint density at radius 2 is 1.94 bits per heavy atom. The number of urea groups is 1. The van der Waals surface area contributed by atoms with Gasteiger partial charge in [0.25, 0.3) is 5.91 Å². The van der Waals surface area contributed by atoms with E-state index in [1.54, 1.807) is 6.92 Å². The Morgan fingerprint density at radius 3 is 2.62 bits per heavy atom. The van der Waals surface area contributed by atoms with Crippen molar-refractivity contribution in [1.82, 2.24) is 10.2 Å². The van der Waals surface area contributed by atoms with E-state index in [-0.39, 0.29) is 19.1 Å². The van der Waals surface area contributed by atoms with Gasteiger partial charge in [0.15, 0.2) is 0 Å². The molecule has 1 aliphatic heterocycles. The molecule has 1 unspecified atom stereocenters. The van der Waals surface area contributed by atoms with Crippen LogP contribution >= 0.6 is 11.3 Å². The van der Waals surface area contributed by atoms with Crippen LogP contribution < -0.4 is 10.6 Å². The summed E-state index contributed by atoms with van der Waals surface area (Å²) in [5.74, 6) is -0.732. The van der Waals surface area contributed by atoms with E-state index < -0.39 is 23.4 Å². The molecule has 4 rings (SSSR count). The average Bonchev–Trinajstić information content (AvgIpc) is 3.06. The smallest absolute Gasteiger partial charge is 0.341 e. The fourth-order valence-electron chi connectivity index (χ4n) is 5.06. The minimum atomic E-state index is -0.873. The molecular weight excluding hydrogens is 430 g/mol. The van der Waals surface area contributed by atoms with E-state index >= 15 is 0 Å². The minimum Gasteiger partial charge on any atom is -0.462 e. The number of amides is 4. The van der Waals surface area contributed by atoms with Crippen LogP contribution in [0.1, 0.15) is 79.6 Å². The van der Waals surface area contributed by atoms with Gasteiger partial charge in [0, 0.05) is 4.88 Å². The van der Waals surface area contributed by atoms with Gasteiger partial charge in [0.1, 0.15) is 17.1 Å². The third kappa shape index (κ3) is 4.27. The Balaban J connectivity index is 1.51. The first kappa shape index (κ1) is 22.8. The fraction of sp³-hybridized carbons (Fsp3) is 0.652. The topological polar surface area (TPSA) is 105 Å². The molecule has 1 atom stereocenters. The number of anilines is 1. The minimum absolute atomic E-state index is 0.248. The van der Waals surface area contributed by atoms with Gasteiger partial charge in [0.2, 0.25) is 5.91 Å². The lowest BCUT2D eigenvalue weighted by molar-refractivity contribution is -0.134. The molecule has 1 spiro atoms. The number of hydrogen-bond donors (Lipinski definition) is 2. The summed E-state index contributed by atoms with van der Waals surface area (Å²) >= 11 is 1.40. The lowest BCUT2D eigenvalue weighted by Gasteiger charge is -2.24. The third-order valence-electron chi connectivity index (χ3n) is 6.75. The SMILES string of the molecule is CCOC(=O)c1c(NC(=O)CN2C(=O)NC3(CCCCCC3)C2=O)sc2c1CCC(C)C2. The predicted molar refractivity (Wildman–Crippen MR) is 121 cm³/mol. The standard InChI is InChI=1S/C23H31N3O5S/c1-3-31-20(28)18-15-9-8-14(2)12-16(15)32-19(18)24-17(27)13-26-21(29)23(25-22(26)30)10-6-4-5-7-11-23/h14H,3-13H2,1-2H3,(H,24,27)(H,25,30). The lowest BCUT2D eigenvalue weighted by atomic mass is 9.88. The first-order chi connectivity index (χ1) is 15.3. The molecule has 2 N–H and O–H groups in total. The van der Waals surface area contributed by atoms with E-state index in [1.165, 1.54) is 11.3 Å². The van der Waals surface area contributed by atoms with Crippen LogP contribution in [0.3, 0.4) is 0 Å². The largest absolute Gasteiger partial charge is 0.462 e. The second-order valence-corrected chi connectivity index (χ2v) is 10.2. The maximum atomic E-state index is 13.1. The van der Waals surface area contributed by atoms with Gasteiger partial charge >= 0.3 is 12.0 Å². The number of imide groups is 1. The molecule has 1 aromatic rings. The van der Waals surface area contributed by atoms with Crippen LogP contribution in [0.25, 0.3) is 0 Å². The predicted octanol–water partition coefficient (Wildman–Crippen LogP) is 3.63. The number of carbonyl (C=O) groups is 4. The normalized spacial score (nSPS) is 22.3. The number of nitrogens with one attached hydrogen (secondary N) is 2. The molecule has 2 aliphatic carbocycles. The molecule has 0 aromatic carbocycles. The quantitative estimate of drug-likeness (QED) is 0.515. The Kier molecular flexibility index (Phi) is 6.55. The van der Waals surface area contributed by atoms with Crippen LogP contribution in [-0.2, 0) is 27.2 Å². The Bertz CT molecular complexity index is 932. The van der Waals surface area contributed by atoms with Crippen molar-refractivity contribution in [3.63, 3.8) is 0 Å². The number of nitrogens with zero attached hydrogens (tertiary/aromatic N) is 1. The van der Waals surface area contributed by atoms with Crippen LogP contribution in [0.15, 0.2) is 0 Å². The van der Waals surface area contributed by atoms with Crippen molar-refractivity contribution in [2.24, 2.45) is 5.92 Å². The monoisotopic (exact) mass is 461 g/mol. The van der Waals surface area contributed by atoms with Crippen molar-refractivity contribution in [2.45, 2.75) is 77.2 Å². The van der Waals surface area contributed by atoms with Gasteiger partial charge in [-0.1, -0.05) is 32.6 Å². The van der Waals surface area contributed by atoms with E-state index in [9.17, 15) is 19.2 Å². The summed E-state index contributed by atoms with van der Waals surface area (Å²) in [4.78, 5) is 53.3. The first-order valence-corrected chi connectivity index (χ1v) is 12.4. The maximum absolute atomic E-state index is 13.1. The molecule has 32 heavy (non-hydrogen) atoms. The lowest BCUT2D eigenvalue weighted by Crippen LogP contribution is -2.47. The Hall–Kier alpha value is -2.42. The molecule has 174 valence electrons. The molecule has 8 nitrogen and oxygen atoms in total. The molecule has 2 fully saturated rings. The average molecular weight is 462 g/mol. The number of thiophene rings is 1. The third-order valence-corrected chi connectivity index (χ3v) is 7.92. The van der Waals surface area contributed by atoms with Crippen LogP contribution in [0.2, 0.25) is 0 Å². The molecule has 2 heterocycles. The zero-order chi connectivity index (χ0) is 22.9. The number of hydrogen-bond acceptors (Lipinski definition) is 6. The number of ether oxygens (including phenoxy) is 1. The van der Waals surface area contributed by atoms with Crippen molar-refractivity contribution in [3.8, 4) is 0 Å². The Morgan fingerprint density at radius 1 is 1.22 bits per heavy atom. The van der Waals surface area contributed by atoms with E-state index in [2.05, 4.69) is 17.6 Å². The van der Waals surface area contributed by atoms with Crippen molar-refractivity contribution in [2.75, 3.05) is 18.5 Å². The summed E-state index contributed by atoms with van der Waals surface area (Å²) < 4.78 is 5.24. The van der Waals surface area contributed by atoms with E-state index in [4.69, 9.17) is 4.74 Å². The van der Waals surface area contributed by atoms with Crippen LogP contribution in [-0.4, -0.2) is 47.4 Å². The van der Waals surface area contributed by atoms with Crippen molar-refractivity contribution in [1.29, 1.82) is 0 Å². The summed E-state index contributed by atoms with van der Waals surface area (Å²) in [6, 6.07) is -0.517. The number of esters is 1. The molecule has 4 amide bonds. The summed E-state index contributed by atoms with van der Waals surface area (Å²) in [6.45, 7) is 3.80. The number of carbonyl (C=O) groups excluding carboxylic acids is 4. The molecule has 3 aliphatic rings. The summed E-state index contributed by atoms with van der Waals surface area (Å²) in [5, 5.41) is 6.10. The molecule has 0 radical (unpaired) electrons. The fourth-order valence-corrected chi connectivity index (χ4v) is 6.47. The van der Waals surface area contributed by atoms with Crippen molar-refractivity contribution >= 4 is 40.2 Å². The maximum Gasteiger partial charge on any atom is 0.341 e. The summed E-state index contributed by atoms with van der Waals surface area (Å²) in [7, 11) is 0. The molecule has 1 saturated carbocycles. The van der Waals surface area contributed by atoms with E-state index in [0.717, 1.165) is 60.3 Å². The van der Waals surface area contributed by atoms with E-state index in [1.807, 2.05) is 0 Å². The van der Waals surface area contributed by atoms with Gasteiger partial charge in [-0.2, -0.15) is 0 Å². The second-order valence-electron chi connectivity index (χ2n) is 9.14. The number of fused-ring (bicyclic) bond motifs is 1.